The Bertz CT molecular complexity index is 1080. The predicted octanol–water partition coefficient (Wildman–Crippen LogP) is 4.69. The minimum absolute atomic E-state index is 0.0533. The second-order valence-electron chi connectivity index (χ2n) is 7.82. The quantitative estimate of drug-likeness (QED) is 0.567. The van der Waals surface area contributed by atoms with Gasteiger partial charge in [0.15, 0.2) is 5.16 Å². The van der Waals surface area contributed by atoms with E-state index in [-0.39, 0.29) is 11.0 Å². The lowest BCUT2D eigenvalue weighted by atomic mass is 9.69. The zero-order valence-electron chi connectivity index (χ0n) is 17.2. The number of rotatable bonds is 6. The van der Waals surface area contributed by atoms with Gasteiger partial charge in [0.2, 0.25) is 5.78 Å². The molecule has 0 spiro atoms. The van der Waals surface area contributed by atoms with Crippen LogP contribution >= 0.6 is 11.8 Å². The lowest BCUT2D eigenvalue weighted by Crippen LogP contribution is -2.37. The van der Waals surface area contributed by atoms with Gasteiger partial charge in [-0.3, -0.25) is 4.79 Å². The molecule has 3 aromatic rings. The highest BCUT2D eigenvalue weighted by Crippen LogP contribution is 2.42. The molecule has 1 aliphatic carbocycles. The van der Waals surface area contributed by atoms with E-state index in [1.54, 1.807) is 16.2 Å². The van der Waals surface area contributed by atoms with Gasteiger partial charge in [0.05, 0.1) is 11.3 Å². The summed E-state index contributed by atoms with van der Waals surface area (Å²) in [6.45, 7) is 9.40. The first-order valence-corrected chi connectivity index (χ1v) is 11.3. The summed E-state index contributed by atoms with van der Waals surface area (Å²) in [4.78, 5) is 18.9. The molecule has 0 radical (unpaired) electrons. The molecule has 6 heteroatoms. The van der Waals surface area contributed by atoms with E-state index in [9.17, 15) is 4.79 Å². The average Bonchev–Trinajstić information content (AvgIpc) is 3.04. The summed E-state index contributed by atoms with van der Waals surface area (Å²) in [5.41, 5.74) is 3.90. The number of fused-ring (bicyclic) bond motifs is 4. The van der Waals surface area contributed by atoms with Crippen LogP contribution in [0.3, 0.4) is 0 Å². The molecule has 1 aliphatic rings. The van der Waals surface area contributed by atoms with Crippen LogP contribution in [0.15, 0.2) is 34.2 Å². The van der Waals surface area contributed by atoms with Crippen molar-refractivity contribution in [2.75, 3.05) is 5.75 Å². The van der Waals surface area contributed by atoms with Crippen molar-refractivity contribution in [1.29, 1.82) is 0 Å². The molecule has 2 aromatic heterocycles. The van der Waals surface area contributed by atoms with Crippen molar-refractivity contribution in [3.63, 3.8) is 0 Å². The van der Waals surface area contributed by atoms with Gasteiger partial charge in [0.1, 0.15) is 0 Å². The minimum Gasteiger partial charge on any atom is -0.268 e. The first-order valence-electron chi connectivity index (χ1n) is 10.3. The third kappa shape index (κ3) is 2.89. The van der Waals surface area contributed by atoms with Crippen molar-refractivity contribution >= 4 is 17.5 Å². The minimum atomic E-state index is -0.214. The molecule has 148 valence electrons. The Morgan fingerprint density at radius 3 is 2.71 bits per heavy atom. The Morgan fingerprint density at radius 2 is 2.00 bits per heavy atom. The van der Waals surface area contributed by atoms with Gasteiger partial charge in [0, 0.05) is 17.5 Å². The molecule has 4 rings (SSSR count). The molecular formula is C22H28N4OS. The van der Waals surface area contributed by atoms with Crippen LogP contribution in [0.25, 0.3) is 17.0 Å². The van der Waals surface area contributed by atoms with Gasteiger partial charge >= 0.3 is 0 Å². The molecule has 1 atom stereocenters. The molecule has 0 unspecified atom stereocenters. The number of aryl methyl sites for hydroxylation is 1. The van der Waals surface area contributed by atoms with Crippen LogP contribution in [-0.2, 0) is 18.4 Å². The molecule has 0 aliphatic heterocycles. The van der Waals surface area contributed by atoms with Crippen molar-refractivity contribution in [2.24, 2.45) is 0 Å². The van der Waals surface area contributed by atoms with E-state index in [4.69, 9.17) is 10.1 Å². The third-order valence-electron chi connectivity index (χ3n) is 5.93. The van der Waals surface area contributed by atoms with Crippen LogP contribution in [0.1, 0.15) is 58.1 Å². The Kier molecular flexibility index (Phi) is 5.08. The van der Waals surface area contributed by atoms with E-state index >= 15 is 0 Å². The SMILES string of the molecule is CCCCn1nc(SCC)n2c(=O)c3c(nc12)-c1ccccc1C[C@@]3(C)CC. The molecule has 0 saturated heterocycles. The standard InChI is InChI=1S/C22H28N4OS/c1-5-8-13-25-20-23-18-16-12-10-9-11-15(16)14-22(4,6-2)17(18)19(27)26(20)21(24-25)28-7-3/h9-12H,5-8,13-14H2,1-4H3/t22-/m1/s1. The fourth-order valence-electron chi connectivity index (χ4n) is 4.18. The molecular weight excluding hydrogens is 368 g/mol. The number of hydrogen-bond acceptors (Lipinski definition) is 4. The highest BCUT2D eigenvalue weighted by Gasteiger charge is 2.38. The summed E-state index contributed by atoms with van der Waals surface area (Å²) in [5.74, 6) is 1.54. The molecule has 0 N–H and O–H groups in total. The normalized spacial score (nSPS) is 18.3. The number of unbranched alkanes of at least 4 members (excludes halogenated alkanes) is 1. The van der Waals surface area contributed by atoms with Gasteiger partial charge in [-0.1, -0.05) is 70.1 Å². The van der Waals surface area contributed by atoms with E-state index in [2.05, 4.69) is 45.9 Å². The molecule has 0 amide bonds. The molecule has 0 fully saturated rings. The second-order valence-corrected chi connectivity index (χ2v) is 9.05. The van der Waals surface area contributed by atoms with E-state index in [1.807, 2.05) is 10.7 Å². The summed E-state index contributed by atoms with van der Waals surface area (Å²) in [6, 6.07) is 8.38. The van der Waals surface area contributed by atoms with Gasteiger partial charge in [-0.25, -0.2) is 14.1 Å². The second kappa shape index (κ2) is 7.39. The number of aromatic nitrogens is 4. The molecule has 1 aromatic carbocycles. The highest BCUT2D eigenvalue weighted by atomic mass is 32.2. The van der Waals surface area contributed by atoms with Crippen LogP contribution in [-0.4, -0.2) is 24.9 Å². The summed E-state index contributed by atoms with van der Waals surface area (Å²) in [7, 11) is 0. The first-order chi connectivity index (χ1) is 13.5. The molecule has 2 heterocycles. The lowest BCUT2D eigenvalue weighted by Gasteiger charge is -2.35. The zero-order valence-corrected chi connectivity index (χ0v) is 18.0. The summed E-state index contributed by atoms with van der Waals surface area (Å²) < 4.78 is 3.67. The van der Waals surface area contributed by atoms with E-state index < -0.39 is 0 Å². The van der Waals surface area contributed by atoms with Gasteiger partial charge in [-0.05, 0) is 30.6 Å². The lowest BCUT2D eigenvalue weighted by molar-refractivity contribution is 0.439. The number of benzene rings is 1. The fraction of sp³-hybridized carbons (Fsp3) is 0.500. The fourth-order valence-corrected chi connectivity index (χ4v) is 4.89. The van der Waals surface area contributed by atoms with Crippen LogP contribution in [0.5, 0.6) is 0 Å². The molecule has 0 saturated carbocycles. The molecule has 0 bridgehead atoms. The summed E-state index contributed by atoms with van der Waals surface area (Å²) in [6.07, 6.45) is 3.87. The van der Waals surface area contributed by atoms with Crippen molar-refractivity contribution in [3.05, 3.63) is 45.7 Å². The van der Waals surface area contributed by atoms with Crippen molar-refractivity contribution in [2.45, 2.75) is 70.5 Å². The van der Waals surface area contributed by atoms with Gasteiger partial charge in [-0.15, -0.1) is 5.10 Å². The summed E-state index contributed by atoms with van der Waals surface area (Å²) >= 11 is 1.61. The highest BCUT2D eigenvalue weighted by molar-refractivity contribution is 7.99. The van der Waals surface area contributed by atoms with Crippen molar-refractivity contribution < 1.29 is 0 Å². The maximum absolute atomic E-state index is 13.8. The predicted molar refractivity (Wildman–Crippen MR) is 115 cm³/mol. The zero-order chi connectivity index (χ0) is 19.9. The van der Waals surface area contributed by atoms with E-state index in [1.165, 1.54) is 5.56 Å². The van der Waals surface area contributed by atoms with Crippen LogP contribution in [0.4, 0.5) is 0 Å². The van der Waals surface area contributed by atoms with Crippen LogP contribution in [0, 0.1) is 0 Å². The van der Waals surface area contributed by atoms with Crippen molar-refractivity contribution in [1.82, 2.24) is 19.2 Å². The van der Waals surface area contributed by atoms with Gasteiger partial charge in [-0.2, -0.15) is 0 Å². The maximum Gasteiger partial charge on any atom is 0.265 e. The Hall–Kier alpha value is -2.08. The monoisotopic (exact) mass is 396 g/mol. The first kappa shape index (κ1) is 19.2. The Labute approximate surface area is 170 Å². The third-order valence-corrected chi connectivity index (χ3v) is 6.74. The van der Waals surface area contributed by atoms with Crippen LogP contribution < -0.4 is 5.56 Å². The van der Waals surface area contributed by atoms with Crippen LogP contribution in [0.2, 0.25) is 0 Å². The number of hydrogen-bond donors (Lipinski definition) is 0. The topological polar surface area (TPSA) is 52.2 Å². The number of thioether (sulfide) groups is 1. The van der Waals surface area contributed by atoms with Crippen molar-refractivity contribution in [3.8, 4) is 11.3 Å². The van der Waals surface area contributed by atoms with Gasteiger partial charge < -0.3 is 0 Å². The Morgan fingerprint density at radius 1 is 1.21 bits per heavy atom. The summed E-state index contributed by atoms with van der Waals surface area (Å²) in [5, 5.41) is 5.51. The smallest absolute Gasteiger partial charge is 0.265 e. The van der Waals surface area contributed by atoms with E-state index in [0.29, 0.717) is 5.78 Å². The number of nitrogens with zero attached hydrogens (tertiary/aromatic N) is 4. The van der Waals surface area contributed by atoms with Gasteiger partial charge in [0.25, 0.3) is 5.56 Å². The molecule has 5 nitrogen and oxygen atoms in total. The molecule has 28 heavy (non-hydrogen) atoms. The van der Waals surface area contributed by atoms with E-state index in [0.717, 1.165) is 60.0 Å². The largest absolute Gasteiger partial charge is 0.268 e. The Balaban J connectivity index is 2.08. The maximum atomic E-state index is 13.8. The average molecular weight is 397 g/mol.